The van der Waals surface area contributed by atoms with E-state index in [-0.39, 0.29) is 18.9 Å². The van der Waals surface area contributed by atoms with E-state index in [4.69, 9.17) is 4.74 Å². The molecule has 1 aliphatic heterocycles. The van der Waals surface area contributed by atoms with Crippen LogP contribution in [0.15, 0.2) is 89.9 Å². The van der Waals surface area contributed by atoms with E-state index >= 15 is 0 Å². The fourth-order valence-corrected chi connectivity index (χ4v) is 3.22. The minimum absolute atomic E-state index is 0.122. The average molecular weight is 384 g/mol. The number of esters is 1. The number of para-hydroxylation sites is 1. The molecule has 3 aromatic carbocycles. The van der Waals surface area contributed by atoms with Gasteiger partial charge in [-0.15, -0.1) is 0 Å². The molecule has 144 valence electrons. The minimum Gasteiger partial charge on any atom is -0.461 e. The summed E-state index contributed by atoms with van der Waals surface area (Å²) in [6.07, 6.45) is -0.122. The van der Waals surface area contributed by atoms with Crippen molar-refractivity contribution in [2.75, 3.05) is 5.32 Å². The molecule has 1 atom stereocenters. The maximum atomic E-state index is 12.7. The lowest BCUT2D eigenvalue weighted by atomic mass is 10.0. The Bertz CT molecular complexity index is 1050. The Hall–Kier alpha value is -3.73. The Balaban J connectivity index is 1.58. The van der Waals surface area contributed by atoms with Crippen molar-refractivity contribution >= 4 is 23.3 Å². The first kappa shape index (κ1) is 18.6. The molecule has 0 bridgehead atoms. The summed E-state index contributed by atoms with van der Waals surface area (Å²) in [5.74, 6) is -0.781. The molecule has 0 unspecified atom stereocenters. The SMILES string of the molecule is O=C(C[C@H]1N=C(c2ccccc2)c2ccccc2NC1=O)OCc1ccccc1. The van der Waals surface area contributed by atoms with Crippen LogP contribution in [0.3, 0.4) is 0 Å². The van der Waals surface area contributed by atoms with Crippen molar-refractivity contribution < 1.29 is 14.3 Å². The first-order valence-corrected chi connectivity index (χ1v) is 9.44. The number of hydrogen-bond acceptors (Lipinski definition) is 4. The number of rotatable bonds is 5. The normalized spacial score (nSPS) is 15.5. The van der Waals surface area contributed by atoms with Gasteiger partial charge in [-0.2, -0.15) is 0 Å². The molecule has 5 nitrogen and oxygen atoms in total. The van der Waals surface area contributed by atoms with Crippen LogP contribution in [-0.2, 0) is 20.9 Å². The number of hydrogen-bond donors (Lipinski definition) is 1. The van der Waals surface area contributed by atoms with E-state index in [9.17, 15) is 9.59 Å². The number of nitrogens with zero attached hydrogens (tertiary/aromatic N) is 1. The third-order valence-corrected chi connectivity index (χ3v) is 4.68. The summed E-state index contributed by atoms with van der Waals surface area (Å²) >= 11 is 0. The summed E-state index contributed by atoms with van der Waals surface area (Å²) in [6.45, 7) is 0.170. The molecule has 0 aliphatic carbocycles. The van der Waals surface area contributed by atoms with Gasteiger partial charge in [0.15, 0.2) is 0 Å². The molecular formula is C24H20N2O3. The van der Waals surface area contributed by atoms with Crippen molar-refractivity contribution in [3.63, 3.8) is 0 Å². The van der Waals surface area contributed by atoms with E-state index in [1.54, 1.807) is 0 Å². The van der Waals surface area contributed by atoms with E-state index in [0.717, 1.165) is 16.7 Å². The third kappa shape index (κ3) is 4.41. The number of carbonyl (C=O) groups excluding carboxylic acids is 2. The van der Waals surface area contributed by atoms with Gasteiger partial charge in [0.2, 0.25) is 5.91 Å². The number of benzodiazepines with no additional fused rings is 1. The van der Waals surface area contributed by atoms with Crippen LogP contribution in [-0.4, -0.2) is 23.6 Å². The Morgan fingerprint density at radius 1 is 0.897 bits per heavy atom. The van der Waals surface area contributed by atoms with Crippen LogP contribution in [0, 0.1) is 0 Å². The summed E-state index contributed by atoms with van der Waals surface area (Å²) < 4.78 is 5.35. The molecular weight excluding hydrogens is 364 g/mol. The summed E-state index contributed by atoms with van der Waals surface area (Å²) in [5, 5.41) is 2.89. The van der Waals surface area contributed by atoms with Crippen molar-refractivity contribution in [2.45, 2.75) is 19.1 Å². The summed E-state index contributed by atoms with van der Waals surface area (Å²) in [7, 11) is 0. The topological polar surface area (TPSA) is 67.8 Å². The monoisotopic (exact) mass is 384 g/mol. The highest BCUT2D eigenvalue weighted by Crippen LogP contribution is 2.25. The Morgan fingerprint density at radius 3 is 2.31 bits per heavy atom. The second-order valence-electron chi connectivity index (χ2n) is 6.74. The number of nitrogens with one attached hydrogen (secondary N) is 1. The molecule has 0 aromatic heterocycles. The zero-order chi connectivity index (χ0) is 20.1. The van der Waals surface area contributed by atoms with Crippen molar-refractivity contribution in [2.24, 2.45) is 4.99 Å². The molecule has 5 heteroatoms. The number of amides is 1. The standard InChI is InChI=1S/C24H20N2O3/c27-22(29-16-17-9-3-1-4-10-17)15-21-24(28)26-20-14-8-7-13-19(20)23(25-21)18-11-5-2-6-12-18/h1-14,21H,15-16H2,(H,26,28)/t21-/m1/s1. The van der Waals surface area contributed by atoms with E-state index in [1.807, 2.05) is 84.9 Å². The van der Waals surface area contributed by atoms with Crippen LogP contribution < -0.4 is 5.32 Å². The molecule has 1 amide bonds. The molecule has 0 spiro atoms. The van der Waals surface area contributed by atoms with Crippen molar-refractivity contribution in [1.82, 2.24) is 0 Å². The number of carbonyl (C=O) groups is 2. The predicted octanol–water partition coefficient (Wildman–Crippen LogP) is 3.98. The molecule has 1 aliphatic rings. The number of fused-ring (bicyclic) bond motifs is 1. The Morgan fingerprint density at radius 2 is 1.55 bits per heavy atom. The minimum atomic E-state index is -0.860. The molecule has 0 saturated carbocycles. The van der Waals surface area contributed by atoms with Gasteiger partial charge >= 0.3 is 5.97 Å². The zero-order valence-electron chi connectivity index (χ0n) is 15.7. The third-order valence-electron chi connectivity index (χ3n) is 4.68. The number of ether oxygens (including phenoxy) is 1. The van der Waals surface area contributed by atoms with Crippen LogP contribution in [0.5, 0.6) is 0 Å². The average Bonchev–Trinajstić information content (AvgIpc) is 2.90. The smallest absolute Gasteiger partial charge is 0.308 e. The van der Waals surface area contributed by atoms with Gasteiger partial charge in [0, 0.05) is 11.1 Å². The van der Waals surface area contributed by atoms with Gasteiger partial charge in [-0.05, 0) is 11.6 Å². The van der Waals surface area contributed by atoms with E-state index in [0.29, 0.717) is 11.4 Å². The van der Waals surface area contributed by atoms with E-state index in [1.165, 1.54) is 0 Å². The molecule has 0 fully saturated rings. The first-order valence-electron chi connectivity index (χ1n) is 9.44. The second kappa shape index (κ2) is 8.52. The molecule has 0 radical (unpaired) electrons. The Kier molecular flexibility index (Phi) is 5.47. The highest BCUT2D eigenvalue weighted by molar-refractivity contribution is 6.19. The number of anilines is 1. The maximum absolute atomic E-state index is 12.7. The lowest BCUT2D eigenvalue weighted by Crippen LogP contribution is -2.28. The largest absolute Gasteiger partial charge is 0.461 e. The van der Waals surface area contributed by atoms with Crippen molar-refractivity contribution in [3.8, 4) is 0 Å². The molecule has 1 N–H and O–H groups in total. The highest BCUT2D eigenvalue weighted by Gasteiger charge is 2.28. The second-order valence-corrected chi connectivity index (χ2v) is 6.74. The van der Waals surface area contributed by atoms with Crippen LogP contribution in [0.2, 0.25) is 0 Å². The molecule has 0 saturated heterocycles. The molecule has 4 rings (SSSR count). The van der Waals surface area contributed by atoms with Gasteiger partial charge in [-0.3, -0.25) is 14.6 Å². The quantitative estimate of drug-likeness (QED) is 0.677. The van der Waals surface area contributed by atoms with Crippen LogP contribution >= 0.6 is 0 Å². The number of aliphatic imine (C=N–C) groups is 1. The fraction of sp³-hybridized carbons (Fsp3) is 0.125. The highest BCUT2D eigenvalue weighted by atomic mass is 16.5. The summed E-state index contributed by atoms with van der Waals surface area (Å²) in [6, 6.07) is 25.7. The van der Waals surface area contributed by atoms with Gasteiger partial charge < -0.3 is 10.1 Å². The van der Waals surface area contributed by atoms with E-state index < -0.39 is 12.0 Å². The lowest BCUT2D eigenvalue weighted by molar-refractivity contribution is -0.146. The lowest BCUT2D eigenvalue weighted by Gasteiger charge is -2.11. The van der Waals surface area contributed by atoms with Gasteiger partial charge in [-0.25, -0.2) is 0 Å². The Labute approximate surface area is 169 Å². The van der Waals surface area contributed by atoms with Crippen LogP contribution in [0.1, 0.15) is 23.1 Å². The van der Waals surface area contributed by atoms with Gasteiger partial charge in [0.05, 0.1) is 17.8 Å². The van der Waals surface area contributed by atoms with Crippen LogP contribution in [0.4, 0.5) is 5.69 Å². The summed E-state index contributed by atoms with van der Waals surface area (Å²) in [4.78, 5) is 29.8. The fourth-order valence-electron chi connectivity index (χ4n) is 3.22. The molecule has 29 heavy (non-hydrogen) atoms. The van der Waals surface area contributed by atoms with Crippen molar-refractivity contribution in [1.29, 1.82) is 0 Å². The first-order chi connectivity index (χ1) is 14.2. The van der Waals surface area contributed by atoms with Crippen LogP contribution in [0.25, 0.3) is 0 Å². The maximum Gasteiger partial charge on any atom is 0.308 e. The van der Waals surface area contributed by atoms with Gasteiger partial charge in [0.25, 0.3) is 0 Å². The summed E-state index contributed by atoms with van der Waals surface area (Å²) in [5.41, 5.74) is 3.97. The predicted molar refractivity (Wildman–Crippen MR) is 112 cm³/mol. The van der Waals surface area contributed by atoms with E-state index in [2.05, 4.69) is 10.3 Å². The van der Waals surface area contributed by atoms with Gasteiger partial charge in [-0.1, -0.05) is 78.9 Å². The van der Waals surface area contributed by atoms with Crippen molar-refractivity contribution in [3.05, 3.63) is 102 Å². The molecule has 1 heterocycles. The molecule has 3 aromatic rings. The number of benzene rings is 3. The zero-order valence-corrected chi connectivity index (χ0v) is 15.7. The van der Waals surface area contributed by atoms with Gasteiger partial charge in [0.1, 0.15) is 12.6 Å².